The van der Waals surface area contributed by atoms with Crippen LogP contribution < -0.4 is 9.44 Å². The van der Waals surface area contributed by atoms with Crippen molar-refractivity contribution in [3.8, 4) is 11.1 Å². The van der Waals surface area contributed by atoms with Crippen LogP contribution in [-0.2, 0) is 20.0 Å². The Morgan fingerprint density at radius 3 is 1.70 bits per heavy atom. The van der Waals surface area contributed by atoms with Crippen molar-refractivity contribution in [1.82, 2.24) is 9.44 Å². The van der Waals surface area contributed by atoms with E-state index < -0.39 is 38.6 Å². The van der Waals surface area contributed by atoms with Crippen LogP contribution >= 0.6 is 11.6 Å². The van der Waals surface area contributed by atoms with Crippen LogP contribution in [0.25, 0.3) is 11.1 Å². The molecule has 0 aliphatic rings. The van der Waals surface area contributed by atoms with Gasteiger partial charge in [0.15, 0.2) is 0 Å². The molecule has 0 atom stereocenters. The predicted octanol–water partition coefficient (Wildman–Crippen LogP) is 2.72. The summed E-state index contributed by atoms with van der Waals surface area (Å²) in [6, 6.07) is 12.7. The molecule has 148 valence electrons. The highest BCUT2D eigenvalue weighted by Crippen LogP contribution is 2.23. The predicted molar refractivity (Wildman–Crippen MR) is 95.1 cm³/mol. The van der Waals surface area contributed by atoms with E-state index in [-0.39, 0.29) is 4.90 Å². The van der Waals surface area contributed by atoms with Crippen molar-refractivity contribution in [3.05, 3.63) is 53.6 Å². The highest BCUT2D eigenvalue weighted by molar-refractivity contribution is 7.90. The van der Waals surface area contributed by atoms with Gasteiger partial charge in [-0.1, -0.05) is 35.9 Å². The SMILES string of the molecule is O=S(=O)(NCCNS(=O)(=O)C(F)(F)F)c1ccc(-c2ccc(Cl)cc2)cc1. The van der Waals surface area contributed by atoms with E-state index in [4.69, 9.17) is 11.6 Å². The number of nitrogens with one attached hydrogen (secondary N) is 2. The molecule has 2 rings (SSSR count). The second-order valence-electron chi connectivity index (χ2n) is 5.27. The van der Waals surface area contributed by atoms with Gasteiger partial charge in [0.1, 0.15) is 0 Å². The van der Waals surface area contributed by atoms with Crippen LogP contribution in [0.4, 0.5) is 13.2 Å². The molecule has 0 aromatic heterocycles. The molecule has 0 unspecified atom stereocenters. The van der Waals surface area contributed by atoms with Crippen molar-refractivity contribution >= 4 is 31.6 Å². The molecular formula is C15H14ClF3N2O4S2. The Hall–Kier alpha value is -1.66. The lowest BCUT2D eigenvalue weighted by molar-refractivity contribution is -0.0447. The van der Waals surface area contributed by atoms with E-state index in [0.717, 1.165) is 11.1 Å². The average Bonchev–Trinajstić information content (AvgIpc) is 2.59. The maximum Gasteiger partial charge on any atom is 0.511 e. The van der Waals surface area contributed by atoms with Crippen LogP contribution in [0.5, 0.6) is 0 Å². The summed E-state index contributed by atoms with van der Waals surface area (Å²) in [6.45, 7) is -1.29. The van der Waals surface area contributed by atoms with Gasteiger partial charge in [0.25, 0.3) is 0 Å². The minimum Gasteiger partial charge on any atom is -0.210 e. The molecule has 0 saturated carbocycles. The summed E-state index contributed by atoms with van der Waals surface area (Å²) in [7, 11) is -9.52. The van der Waals surface area contributed by atoms with Crippen LogP contribution in [0, 0.1) is 0 Å². The van der Waals surface area contributed by atoms with E-state index in [1.165, 1.54) is 16.9 Å². The number of alkyl halides is 3. The first-order chi connectivity index (χ1) is 12.4. The number of hydrogen-bond donors (Lipinski definition) is 2. The first kappa shape index (κ1) is 21.6. The molecular weight excluding hydrogens is 429 g/mol. The molecule has 0 amide bonds. The second kappa shape index (κ2) is 8.15. The van der Waals surface area contributed by atoms with Crippen molar-refractivity contribution in [1.29, 1.82) is 0 Å². The summed E-state index contributed by atoms with van der Waals surface area (Å²) in [4.78, 5) is -0.112. The number of rotatable bonds is 7. The summed E-state index contributed by atoms with van der Waals surface area (Å²) in [5.41, 5.74) is -3.90. The van der Waals surface area contributed by atoms with Crippen LogP contribution in [0.15, 0.2) is 53.4 Å². The van der Waals surface area contributed by atoms with Gasteiger partial charge in [0.05, 0.1) is 4.90 Å². The maximum absolute atomic E-state index is 12.2. The molecule has 0 saturated heterocycles. The molecule has 0 heterocycles. The average molecular weight is 443 g/mol. The third-order valence-electron chi connectivity index (χ3n) is 3.36. The molecule has 0 spiro atoms. The summed E-state index contributed by atoms with van der Waals surface area (Å²) < 4.78 is 85.7. The summed E-state index contributed by atoms with van der Waals surface area (Å²) in [5, 5.41) is 0.559. The lowest BCUT2D eigenvalue weighted by Crippen LogP contribution is -2.40. The molecule has 0 aliphatic heterocycles. The third-order valence-corrected chi connectivity index (χ3v) is 6.28. The van der Waals surface area contributed by atoms with Gasteiger partial charge in [-0.05, 0) is 35.4 Å². The van der Waals surface area contributed by atoms with E-state index >= 15 is 0 Å². The molecule has 6 nitrogen and oxygen atoms in total. The lowest BCUT2D eigenvalue weighted by Gasteiger charge is -2.10. The topological polar surface area (TPSA) is 92.3 Å². The van der Waals surface area contributed by atoms with Gasteiger partial charge in [-0.15, -0.1) is 0 Å². The molecule has 0 bridgehead atoms. The second-order valence-corrected chi connectivity index (χ2v) is 9.23. The Balaban J connectivity index is 1.99. The standard InChI is InChI=1S/C15H14ClF3N2O4S2/c16-13-5-1-11(2-6-13)12-3-7-14(8-4-12)26(22,23)20-9-10-21-27(24,25)15(17,18)19/h1-8,20-21H,9-10H2. The molecule has 0 aliphatic carbocycles. The van der Waals surface area contributed by atoms with Crippen LogP contribution in [-0.4, -0.2) is 35.4 Å². The Bertz CT molecular complexity index is 991. The first-order valence-electron chi connectivity index (χ1n) is 7.34. The van der Waals surface area contributed by atoms with Gasteiger partial charge in [-0.3, -0.25) is 0 Å². The van der Waals surface area contributed by atoms with Gasteiger partial charge in [-0.2, -0.15) is 13.2 Å². The quantitative estimate of drug-likeness (QED) is 0.645. The van der Waals surface area contributed by atoms with Crippen molar-refractivity contribution in [3.63, 3.8) is 0 Å². The molecule has 0 radical (unpaired) electrons. The van der Waals surface area contributed by atoms with E-state index in [9.17, 15) is 30.0 Å². The monoisotopic (exact) mass is 442 g/mol. The minimum atomic E-state index is -5.51. The Kier molecular flexibility index (Phi) is 6.53. The zero-order chi connectivity index (χ0) is 20.3. The minimum absolute atomic E-state index is 0.112. The van der Waals surface area contributed by atoms with Gasteiger partial charge >= 0.3 is 15.5 Å². The van der Waals surface area contributed by atoms with Crippen LogP contribution in [0.3, 0.4) is 0 Å². The van der Waals surface area contributed by atoms with Gasteiger partial charge in [0.2, 0.25) is 10.0 Å². The largest absolute Gasteiger partial charge is 0.511 e. The zero-order valence-corrected chi connectivity index (χ0v) is 15.9. The summed E-state index contributed by atoms with van der Waals surface area (Å²) in [5.74, 6) is 0. The Labute approximate surface area is 159 Å². The third kappa shape index (κ3) is 5.66. The highest BCUT2D eigenvalue weighted by Gasteiger charge is 2.45. The number of hydrogen-bond acceptors (Lipinski definition) is 4. The highest BCUT2D eigenvalue weighted by atomic mass is 35.5. The van der Waals surface area contributed by atoms with Crippen LogP contribution in [0.1, 0.15) is 0 Å². The Morgan fingerprint density at radius 2 is 1.22 bits per heavy atom. The van der Waals surface area contributed by atoms with Gasteiger partial charge in [-0.25, -0.2) is 26.3 Å². The van der Waals surface area contributed by atoms with Crippen LogP contribution in [0.2, 0.25) is 5.02 Å². The molecule has 12 heteroatoms. The molecule has 27 heavy (non-hydrogen) atoms. The van der Waals surface area contributed by atoms with Crippen molar-refractivity contribution < 1.29 is 30.0 Å². The van der Waals surface area contributed by atoms with Gasteiger partial charge < -0.3 is 0 Å². The number of halogens is 4. The first-order valence-corrected chi connectivity index (χ1v) is 10.7. The fourth-order valence-corrected chi connectivity index (χ4v) is 3.70. The summed E-state index contributed by atoms with van der Waals surface area (Å²) >= 11 is 5.80. The maximum atomic E-state index is 12.2. The number of sulfonamides is 2. The summed E-state index contributed by atoms with van der Waals surface area (Å²) in [6.07, 6.45) is 0. The molecule has 2 N–H and O–H groups in total. The molecule has 2 aromatic rings. The van der Waals surface area contributed by atoms with E-state index in [1.807, 2.05) is 4.72 Å². The fourth-order valence-electron chi connectivity index (χ4n) is 2.00. The van der Waals surface area contributed by atoms with E-state index in [1.54, 1.807) is 36.4 Å². The molecule has 2 aromatic carbocycles. The van der Waals surface area contributed by atoms with Gasteiger partial charge in [0, 0.05) is 18.1 Å². The smallest absolute Gasteiger partial charge is 0.210 e. The fraction of sp³-hybridized carbons (Fsp3) is 0.200. The van der Waals surface area contributed by atoms with Crippen molar-refractivity contribution in [2.75, 3.05) is 13.1 Å². The lowest BCUT2D eigenvalue weighted by atomic mass is 10.1. The Morgan fingerprint density at radius 1 is 0.778 bits per heavy atom. The zero-order valence-electron chi connectivity index (χ0n) is 13.5. The van der Waals surface area contributed by atoms with Crippen molar-refractivity contribution in [2.45, 2.75) is 10.4 Å². The van der Waals surface area contributed by atoms with Crippen molar-refractivity contribution in [2.24, 2.45) is 0 Å². The van der Waals surface area contributed by atoms with E-state index in [0.29, 0.717) is 5.02 Å². The number of benzene rings is 2. The normalized spacial score (nSPS) is 12.9. The molecule has 0 fully saturated rings. The van der Waals surface area contributed by atoms with E-state index in [2.05, 4.69) is 0 Å².